The second kappa shape index (κ2) is 9.72. The topological polar surface area (TPSA) is 77.2 Å². The molecule has 6 nitrogen and oxygen atoms in total. The molecule has 8 heteroatoms. The number of aliphatic hydroxyl groups is 1. The Morgan fingerprint density at radius 2 is 2.00 bits per heavy atom. The van der Waals surface area contributed by atoms with E-state index in [-0.39, 0.29) is 18.0 Å². The first-order valence-electron chi connectivity index (χ1n) is 10.5. The van der Waals surface area contributed by atoms with Gasteiger partial charge in [0, 0.05) is 35.3 Å². The zero-order valence-corrected chi connectivity index (χ0v) is 19.2. The van der Waals surface area contributed by atoms with E-state index in [1.807, 2.05) is 30.3 Å². The van der Waals surface area contributed by atoms with Gasteiger partial charge in [-0.05, 0) is 62.2 Å². The number of pyridine rings is 1. The minimum absolute atomic E-state index is 0.135. The van der Waals surface area contributed by atoms with Gasteiger partial charge in [-0.1, -0.05) is 12.1 Å². The van der Waals surface area contributed by atoms with Crippen molar-refractivity contribution in [3.05, 3.63) is 88.7 Å². The summed E-state index contributed by atoms with van der Waals surface area (Å²) < 4.78 is 20.5. The van der Waals surface area contributed by atoms with Crippen LogP contribution in [0.5, 0.6) is 5.88 Å². The Hall–Kier alpha value is -3.23. The molecule has 0 saturated heterocycles. The SMILES string of the molecule is CC(C)(O)COc1ccc2cc(-n3ccnc(SCCc4cccc(F)c4)c3=O)ccc2n1. The molecule has 0 radical (unpaired) electrons. The largest absolute Gasteiger partial charge is 0.475 e. The summed E-state index contributed by atoms with van der Waals surface area (Å²) in [6.07, 6.45) is 3.87. The van der Waals surface area contributed by atoms with Crippen molar-refractivity contribution in [3.63, 3.8) is 0 Å². The number of hydrogen-bond donors (Lipinski definition) is 1. The smallest absolute Gasteiger partial charge is 0.287 e. The summed E-state index contributed by atoms with van der Waals surface area (Å²) in [6, 6.07) is 15.6. The zero-order chi connectivity index (χ0) is 23.4. The Morgan fingerprint density at radius 1 is 1.15 bits per heavy atom. The summed E-state index contributed by atoms with van der Waals surface area (Å²) >= 11 is 1.35. The Morgan fingerprint density at radius 3 is 2.79 bits per heavy atom. The van der Waals surface area contributed by atoms with Crippen molar-refractivity contribution in [2.45, 2.75) is 30.9 Å². The van der Waals surface area contributed by atoms with Crippen LogP contribution < -0.4 is 10.3 Å². The highest BCUT2D eigenvalue weighted by Gasteiger charge is 2.14. The van der Waals surface area contributed by atoms with Gasteiger partial charge < -0.3 is 9.84 Å². The van der Waals surface area contributed by atoms with E-state index in [0.717, 1.165) is 16.5 Å². The summed E-state index contributed by atoms with van der Waals surface area (Å²) in [5.74, 6) is 0.778. The minimum atomic E-state index is -0.948. The fourth-order valence-electron chi connectivity index (χ4n) is 3.23. The van der Waals surface area contributed by atoms with Crippen LogP contribution in [0.1, 0.15) is 19.4 Å². The number of aryl methyl sites for hydroxylation is 1. The van der Waals surface area contributed by atoms with Gasteiger partial charge in [-0.15, -0.1) is 11.8 Å². The summed E-state index contributed by atoms with van der Waals surface area (Å²) in [7, 11) is 0. The molecule has 0 aliphatic heterocycles. The van der Waals surface area contributed by atoms with Crippen LogP contribution in [0, 0.1) is 5.82 Å². The van der Waals surface area contributed by atoms with E-state index in [4.69, 9.17) is 4.74 Å². The molecule has 33 heavy (non-hydrogen) atoms. The van der Waals surface area contributed by atoms with Crippen LogP contribution in [-0.2, 0) is 6.42 Å². The monoisotopic (exact) mass is 465 g/mol. The normalized spacial score (nSPS) is 11.6. The van der Waals surface area contributed by atoms with Crippen LogP contribution in [0.15, 0.2) is 76.8 Å². The maximum absolute atomic E-state index is 13.3. The molecule has 2 heterocycles. The first kappa shape index (κ1) is 22.9. The molecule has 4 aromatic rings. The number of aromatic nitrogens is 3. The summed E-state index contributed by atoms with van der Waals surface area (Å²) in [5.41, 5.74) is 1.15. The predicted molar refractivity (Wildman–Crippen MR) is 128 cm³/mol. The van der Waals surface area contributed by atoms with Crippen molar-refractivity contribution in [3.8, 4) is 11.6 Å². The molecule has 2 aromatic carbocycles. The van der Waals surface area contributed by atoms with Gasteiger partial charge in [-0.25, -0.2) is 14.4 Å². The third-order valence-electron chi connectivity index (χ3n) is 4.83. The molecule has 0 saturated carbocycles. The number of rotatable bonds is 8. The molecular formula is C25H24FN3O3S. The van der Waals surface area contributed by atoms with E-state index in [9.17, 15) is 14.3 Å². The molecule has 0 amide bonds. The molecule has 4 rings (SSSR count). The van der Waals surface area contributed by atoms with E-state index in [1.165, 1.54) is 23.9 Å². The average Bonchev–Trinajstić information content (AvgIpc) is 2.78. The number of hydrogen-bond acceptors (Lipinski definition) is 6. The number of thioether (sulfide) groups is 1. The van der Waals surface area contributed by atoms with E-state index in [2.05, 4.69) is 9.97 Å². The predicted octanol–water partition coefficient (Wildman–Crippen LogP) is 4.40. The molecule has 170 valence electrons. The Balaban J connectivity index is 1.51. The maximum atomic E-state index is 13.3. The lowest BCUT2D eigenvalue weighted by molar-refractivity contribution is 0.0269. The maximum Gasteiger partial charge on any atom is 0.287 e. The number of nitrogens with zero attached hydrogens (tertiary/aromatic N) is 3. The first-order valence-corrected chi connectivity index (χ1v) is 11.5. The van der Waals surface area contributed by atoms with E-state index in [0.29, 0.717) is 28.8 Å². The van der Waals surface area contributed by atoms with Gasteiger partial charge in [-0.3, -0.25) is 9.36 Å². The highest BCUT2D eigenvalue weighted by Crippen LogP contribution is 2.21. The fraction of sp³-hybridized carbons (Fsp3) is 0.240. The van der Waals surface area contributed by atoms with Gasteiger partial charge >= 0.3 is 0 Å². The molecular weight excluding hydrogens is 441 g/mol. The molecule has 1 N–H and O–H groups in total. The van der Waals surface area contributed by atoms with Gasteiger partial charge in [0.05, 0.1) is 11.1 Å². The van der Waals surface area contributed by atoms with Gasteiger partial charge in [0.25, 0.3) is 5.56 Å². The number of benzene rings is 2. The van der Waals surface area contributed by atoms with Gasteiger partial charge in [0.2, 0.25) is 5.88 Å². The molecule has 0 aliphatic rings. The van der Waals surface area contributed by atoms with Crippen molar-refractivity contribution < 1.29 is 14.2 Å². The van der Waals surface area contributed by atoms with Crippen LogP contribution >= 0.6 is 11.8 Å². The molecule has 0 unspecified atom stereocenters. The van der Waals surface area contributed by atoms with Crippen molar-refractivity contribution >= 4 is 22.7 Å². The number of fused-ring (bicyclic) bond motifs is 1. The number of ether oxygens (including phenoxy) is 1. The summed E-state index contributed by atoms with van der Waals surface area (Å²) in [5, 5.41) is 11.1. The summed E-state index contributed by atoms with van der Waals surface area (Å²) in [4.78, 5) is 21.7. The van der Waals surface area contributed by atoms with Crippen molar-refractivity contribution in [2.75, 3.05) is 12.4 Å². The lowest BCUT2D eigenvalue weighted by Gasteiger charge is -2.17. The Kier molecular flexibility index (Phi) is 6.76. The highest BCUT2D eigenvalue weighted by molar-refractivity contribution is 7.99. The lowest BCUT2D eigenvalue weighted by atomic mass is 10.2. The van der Waals surface area contributed by atoms with Crippen LogP contribution in [0.2, 0.25) is 0 Å². The van der Waals surface area contributed by atoms with Crippen LogP contribution in [-0.4, -0.2) is 37.6 Å². The van der Waals surface area contributed by atoms with E-state index in [1.54, 1.807) is 42.9 Å². The van der Waals surface area contributed by atoms with Crippen LogP contribution in [0.3, 0.4) is 0 Å². The average molecular weight is 466 g/mol. The second-order valence-corrected chi connectivity index (χ2v) is 9.35. The van der Waals surface area contributed by atoms with Gasteiger partial charge in [0.15, 0.2) is 5.03 Å². The molecule has 0 aliphatic carbocycles. The molecule has 0 spiro atoms. The molecule has 0 atom stereocenters. The fourth-order valence-corrected chi connectivity index (χ4v) is 4.12. The summed E-state index contributed by atoms with van der Waals surface area (Å²) in [6.45, 7) is 3.47. The standard InChI is InChI=1S/C25H24FN3O3S/c1-25(2,31)16-32-22-9-6-18-15-20(7-8-21(18)28-22)29-12-11-27-23(24(29)30)33-13-10-17-4-3-5-19(26)14-17/h3-9,11-12,14-15,31H,10,13,16H2,1-2H3. The van der Waals surface area contributed by atoms with Crippen molar-refractivity contribution in [1.29, 1.82) is 0 Å². The molecule has 0 bridgehead atoms. The molecule has 0 fully saturated rings. The number of halogens is 1. The highest BCUT2D eigenvalue weighted by atomic mass is 32.2. The van der Waals surface area contributed by atoms with Gasteiger partial charge in [0.1, 0.15) is 12.4 Å². The third-order valence-corrected chi connectivity index (χ3v) is 5.79. The first-order chi connectivity index (χ1) is 15.8. The minimum Gasteiger partial charge on any atom is -0.475 e. The lowest BCUT2D eigenvalue weighted by Crippen LogP contribution is -2.28. The van der Waals surface area contributed by atoms with E-state index < -0.39 is 5.60 Å². The van der Waals surface area contributed by atoms with Crippen LogP contribution in [0.4, 0.5) is 4.39 Å². The van der Waals surface area contributed by atoms with Crippen molar-refractivity contribution in [2.24, 2.45) is 0 Å². The Bertz CT molecular complexity index is 1330. The van der Waals surface area contributed by atoms with Crippen molar-refractivity contribution in [1.82, 2.24) is 14.5 Å². The zero-order valence-electron chi connectivity index (χ0n) is 18.4. The Labute approximate surface area is 195 Å². The van der Waals surface area contributed by atoms with Crippen LogP contribution in [0.25, 0.3) is 16.6 Å². The van der Waals surface area contributed by atoms with Gasteiger partial charge in [-0.2, -0.15) is 0 Å². The molecule has 2 aromatic heterocycles. The quantitative estimate of drug-likeness (QED) is 0.389. The third kappa shape index (κ3) is 5.97. The second-order valence-electron chi connectivity index (χ2n) is 8.26. The van der Waals surface area contributed by atoms with E-state index >= 15 is 0 Å².